The minimum Gasteiger partial charge on any atom is -0.290 e. The van der Waals surface area contributed by atoms with Crippen LogP contribution in [0.1, 0.15) is 27.3 Å². The van der Waals surface area contributed by atoms with Crippen LogP contribution in [0.2, 0.25) is 5.02 Å². The Balaban J connectivity index is 2.19. The van der Waals surface area contributed by atoms with Crippen LogP contribution in [0, 0.1) is 13.8 Å². The number of aryl methyl sites for hydroxylation is 3. The molecule has 22 heavy (non-hydrogen) atoms. The van der Waals surface area contributed by atoms with Crippen molar-refractivity contribution in [3.63, 3.8) is 0 Å². The van der Waals surface area contributed by atoms with Crippen LogP contribution in [0.3, 0.4) is 0 Å². The van der Waals surface area contributed by atoms with Gasteiger partial charge in [0, 0.05) is 18.8 Å². The van der Waals surface area contributed by atoms with Crippen LogP contribution < -0.4 is 0 Å². The van der Waals surface area contributed by atoms with Gasteiger partial charge in [0.05, 0.1) is 22.0 Å². The maximum absolute atomic E-state index is 12.9. The van der Waals surface area contributed by atoms with E-state index < -0.39 is 0 Å². The number of imidazole rings is 1. The molecule has 0 aliphatic rings. The number of nitrogens with zero attached hydrogens (tertiary/aromatic N) is 4. The molecule has 112 valence electrons. The minimum atomic E-state index is -0.141. The quantitative estimate of drug-likeness (QED) is 0.698. The second kappa shape index (κ2) is 5.42. The van der Waals surface area contributed by atoms with Gasteiger partial charge in [0.1, 0.15) is 12.1 Å². The molecule has 0 bridgehead atoms. The molecule has 6 heteroatoms. The van der Waals surface area contributed by atoms with E-state index in [0.29, 0.717) is 27.7 Å². The summed E-state index contributed by atoms with van der Waals surface area (Å²) < 4.78 is 3.49. The molecule has 0 radical (unpaired) electrons. The molecule has 0 saturated heterocycles. The number of hydrogen-bond acceptors (Lipinski definition) is 3. The molecular formula is C16H15ClN4O. The number of halogens is 1. The lowest BCUT2D eigenvalue weighted by Crippen LogP contribution is -2.09. The van der Waals surface area contributed by atoms with E-state index in [1.807, 2.05) is 20.0 Å². The first-order valence-electron chi connectivity index (χ1n) is 6.83. The van der Waals surface area contributed by atoms with Gasteiger partial charge in [-0.3, -0.25) is 14.0 Å². The Kier molecular flexibility index (Phi) is 3.58. The van der Waals surface area contributed by atoms with Crippen LogP contribution in [0.4, 0.5) is 0 Å². The lowest BCUT2D eigenvalue weighted by atomic mass is 10.0. The van der Waals surface area contributed by atoms with Gasteiger partial charge in [0.25, 0.3) is 0 Å². The fourth-order valence-corrected chi connectivity index (χ4v) is 2.75. The summed E-state index contributed by atoms with van der Waals surface area (Å²) in [6.45, 7) is 3.71. The van der Waals surface area contributed by atoms with Gasteiger partial charge in [-0.1, -0.05) is 23.7 Å². The highest BCUT2D eigenvalue weighted by Gasteiger charge is 2.24. The molecule has 0 atom stereocenters. The van der Waals surface area contributed by atoms with E-state index in [0.717, 1.165) is 5.69 Å². The molecule has 2 heterocycles. The van der Waals surface area contributed by atoms with Gasteiger partial charge in [-0.05, 0) is 26.0 Å². The van der Waals surface area contributed by atoms with E-state index in [-0.39, 0.29) is 5.78 Å². The standard InChI is InChI=1S/C16H15ClN4O/c1-10-8-21(9-18-10)16-14(11(2)19-20(16)3)15(22)12-6-4-5-7-13(12)17/h4-9H,1-3H3. The zero-order valence-electron chi connectivity index (χ0n) is 12.5. The van der Waals surface area contributed by atoms with E-state index in [1.165, 1.54) is 0 Å². The third kappa shape index (κ3) is 2.33. The van der Waals surface area contributed by atoms with Crippen molar-refractivity contribution in [2.45, 2.75) is 13.8 Å². The third-order valence-corrected chi connectivity index (χ3v) is 3.82. The number of rotatable bonds is 3. The molecule has 0 amide bonds. The van der Waals surface area contributed by atoms with Crippen molar-refractivity contribution in [1.82, 2.24) is 19.3 Å². The Morgan fingerprint density at radius 2 is 1.95 bits per heavy atom. The molecule has 2 aromatic heterocycles. The number of hydrogen-bond donors (Lipinski definition) is 0. The van der Waals surface area contributed by atoms with Crippen molar-refractivity contribution < 1.29 is 4.79 Å². The molecule has 0 spiro atoms. The lowest BCUT2D eigenvalue weighted by molar-refractivity contribution is 0.103. The van der Waals surface area contributed by atoms with Crippen LogP contribution in [0.25, 0.3) is 5.82 Å². The number of aromatic nitrogens is 4. The molecule has 5 nitrogen and oxygen atoms in total. The van der Waals surface area contributed by atoms with E-state index >= 15 is 0 Å². The van der Waals surface area contributed by atoms with E-state index in [9.17, 15) is 4.79 Å². The number of carbonyl (C=O) groups is 1. The van der Waals surface area contributed by atoms with Crippen LogP contribution in [0.15, 0.2) is 36.8 Å². The highest BCUT2D eigenvalue weighted by molar-refractivity contribution is 6.35. The molecule has 0 N–H and O–H groups in total. The van der Waals surface area contributed by atoms with Crippen LogP contribution in [0.5, 0.6) is 0 Å². The molecule has 0 aliphatic carbocycles. The average Bonchev–Trinajstić information content (AvgIpc) is 3.01. The van der Waals surface area contributed by atoms with Crippen LogP contribution in [-0.2, 0) is 7.05 Å². The molecule has 0 unspecified atom stereocenters. The fourth-order valence-electron chi connectivity index (χ4n) is 2.53. The first-order valence-corrected chi connectivity index (χ1v) is 7.20. The van der Waals surface area contributed by atoms with Crippen molar-refractivity contribution in [1.29, 1.82) is 0 Å². The van der Waals surface area contributed by atoms with Gasteiger partial charge in [-0.25, -0.2) is 4.98 Å². The van der Waals surface area contributed by atoms with Crippen molar-refractivity contribution >= 4 is 17.4 Å². The largest absolute Gasteiger partial charge is 0.290 e. The molecule has 0 saturated carbocycles. The Hall–Kier alpha value is -2.40. The van der Waals surface area contributed by atoms with Gasteiger partial charge in [-0.2, -0.15) is 5.10 Å². The SMILES string of the molecule is Cc1cn(-c2c(C(=O)c3ccccc3Cl)c(C)nn2C)cn1. The first kappa shape index (κ1) is 14.5. The molecule has 0 aliphatic heterocycles. The lowest BCUT2D eigenvalue weighted by Gasteiger charge is -2.08. The van der Waals surface area contributed by atoms with Crippen molar-refractivity contribution in [2.24, 2.45) is 7.05 Å². The zero-order valence-corrected chi connectivity index (χ0v) is 13.3. The summed E-state index contributed by atoms with van der Waals surface area (Å²) in [6.07, 6.45) is 3.54. The maximum Gasteiger partial charge on any atom is 0.200 e. The summed E-state index contributed by atoms with van der Waals surface area (Å²) in [5, 5.41) is 4.81. The average molecular weight is 315 g/mol. The van der Waals surface area contributed by atoms with Gasteiger partial charge in [0.2, 0.25) is 0 Å². The zero-order chi connectivity index (χ0) is 15.9. The Labute approximate surface area is 133 Å². The third-order valence-electron chi connectivity index (χ3n) is 3.49. The number of benzene rings is 1. The molecule has 3 aromatic rings. The smallest absolute Gasteiger partial charge is 0.200 e. The Morgan fingerprint density at radius 1 is 1.23 bits per heavy atom. The summed E-state index contributed by atoms with van der Waals surface area (Å²) in [6, 6.07) is 7.03. The summed E-state index contributed by atoms with van der Waals surface area (Å²) in [7, 11) is 1.81. The second-order valence-electron chi connectivity index (χ2n) is 5.14. The summed E-state index contributed by atoms with van der Waals surface area (Å²) in [5.41, 5.74) is 2.54. The normalized spacial score (nSPS) is 10.9. The van der Waals surface area contributed by atoms with Gasteiger partial charge in [-0.15, -0.1) is 0 Å². The predicted molar refractivity (Wildman–Crippen MR) is 84.7 cm³/mol. The Bertz CT molecular complexity index is 863. The summed E-state index contributed by atoms with van der Waals surface area (Å²) in [5.74, 6) is 0.542. The van der Waals surface area contributed by atoms with Crippen LogP contribution >= 0.6 is 11.6 Å². The fraction of sp³-hybridized carbons (Fsp3) is 0.188. The molecule has 0 fully saturated rings. The van der Waals surface area contributed by atoms with Gasteiger partial charge in [0.15, 0.2) is 5.78 Å². The number of carbonyl (C=O) groups excluding carboxylic acids is 1. The molecule has 3 rings (SSSR count). The van der Waals surface area contributed by atoms with Crippen molar-refractivity contribution in [2.75, 3.05) is 0 Å². The van der Waals surface area contributed by atoms with Crippen molar-refractivity contribution in [3.05, 3.63) is 64.3 Å². The summed E-state index contributed by atoms with van der Waals surface area (Å²) in [4.78, 5) is 17.1. The van der Waals surface area contributed by atoms with E-state index in [4.69, 9.17) is 11.6 Å². The topological polar surface area (TPSA) is 52.7 Å². The highest BCUT2D eigenvalue weighted by atomic mass is 35.5. The van der Waals surface area contributed by atoms with E-state index in [2.05, 4.69) is 10.1 Å². The van der Waals surface area contributed by atoms with Crippen LogP contribution in [-0.4, -0.2) is 25.1 Å². The van der Waals surface area contributed by atoms with Gasteiger partial charge < -0.3 is 0 Å². The second-order valence-corrected chi connectivity index (χ2v) is 5.55. The van der Waals surface area contributed by atoms with Crippen molar-refractivity contribution in [3.8, 4) is 5.82 Å². The molecule has 1 aromatic carbocycles. The minimum absolute atomic E-state index is 0.141. The predicted octanol–water partition coefficient (Wildman–Crippen LogP) is 3.11. The maximum atomic E-state index is 12.9. The first-order chi connectivity index (χ1) is 10.5. The number of ketones is 1. The van der Waals surface area contributed by atoms with Gasteiger partial charge >= 0.3 is 0 Å². The highest BCUT2D eigenvalue weighted by Crippen LogP contribution is 2.25. The van der Waals surface area contributed by atoms with E-state index in [1.54, 1.807) is 46.9 Å². The Morgan fingerprint density at radius 3 is 2.59 bits per heavy atom. The monoisotopic (exact) mass is 314 g/mol. The summed E-state index contributed by atoms with van der Waals surface area (Å²) >= 11 is 6.16. The molecular weight excluding hydrogens is 300 g/mol.